The van der Waals surface area contributed by atoms with Crippen molar-refractivity contribution in [2.24, 2.45) is 0 Å². The summed E-state index contributed by atoms with van der Waals surface area (Å²) in [6, 6.07) is 7.44. The Balaban J connectivity index is 0.00000121. The van der Waals surface area contributed by atoms with Crippen LogP contribution in [0.4, 0.5) is 0 Å². The van der Waals surface area contributed by atoms with Gasteiger partial charge in [0.1, 0.15) is 5.75 Å². The third-order valence-electron chi connectivity index (χ3n) is 1.76. The summed E-state index contributed by atoms with van der Waals surface area (Å²) < 4.78 is 0. The standard InChI is InChI=1S/C10H14O.H3N/c1-2-3-4-9-5-7-10(11)8-6-9;/h5-8,11H,2-4H2,1H3;1H3. The number of aryl methyl sites for hydroxylation is 1. The van der Waals surface area contributed by atoms with E-state index in [-0.39, 0.29) is 6.15 Å². The Labute approximate surface area is 73.8 Å². The molecule has 0 aliphatic carbocycles. The van der Waals surface area contributed by atoms with E-state index in [0.29, 0.717) is 5.75 Å². The molecule has 2 heteroatoms. The molecular formula is C10H17NO. The first-order valence-corrected chi connectivity index (χ1v) is 4.11. The van der Waals surface area contributed by atoms with Crippen molar-refractivity contribution >= 4 is 0 Å². The lowest BCUT2D eigenvalue weighted by Gasteiger charge is -1.98. The zero-order valence-corrected chi connectivity index (χ0v) is 7.59. The van der Waals surface area contributed by atoms with E-state index in [9.17, 15) is 0 Å². The Bertz CT molecular complexity index is 206. The van der Waals surface area contributed by atoms with Gasteiger partial charge in [0.25, 0.3) is 0 Å². The van der Waals surface area contributed by atoms with E-state index in [1.807, 2.05) is 12.1 Å². The number of phenolic OH excluding ortho intramolecular Hbond substituents is 1. The summed E-state index contributed by atoms with van der Waals surface area (Å²) in [7, 11) is 0. The molecule has 0 bridgehead atoms. The Morgan fingerprint density at radius 1 is 1.17 bits per heavy atom. The van der Waals surface area contributed by atoms with Gasteiger partial charge in [-0.3, -0.25) is 0 Å². The highest BCUT2D eigenvalue weighted by molar-refractivity contribution is 5.25. The van der Waals surface area contributed by atoms with Gasteiger partial charge in [0.05, 0.1) is 0 Å². The molecule has 1 rings (SSSR count). The van der Waals surface area contributed by atoms with Crippen LogP contribution >= 0.6 is 0 Å². The predicted molar refractivity (Wildman–Crippen MR) is 51.7 cm³/mol. The van der Waals surface area contributed by atoms with E-state index in [4.69, 9.17) is 5.11 Å². The van der Waals surface area contributed by atoms with Crippen LogP contribution in [-0.4, -0.2) is 5.11 Å². The average molecular weight is 167 g/mol. The Morgan fingerprint density at radius 3 is 2.25 bits per heavy atom. The number of hydrogen-bond acceptors (Lipinski definition) is 2. The van der Waals surface area contributed by atoms with Crippen LogP contribution in [0, 0.1) is 0 Å². The van der Waals surface area contributed by atoms with Gasteiger partial charge in [-0.15, -0.1) is 0 Å². The van der Waals surface area contributed by atoms with Crippen molar-refractivity contribution in [1.82, 2.24) is 6.15 Å². The molecule has 0 unspecified atom stereocenters. The topological polar surface area (TPSA) is 55.2 Å². The van der Waals surface area contributed by atoms with Gasteiger partial charge < -0.3 is 11.3 Å². The lowest BCUT2D eigenvalue weighted by atomic mass is 10.1. The number of benzene rings is 1. The van der Waals surface area contributed by atoms with E-state index in [1.165, 1.54) is 18.4 Å². The zero-order chi connectivity index (χ0) is 8.10. The van der Waals surface area contributed by atoms with Crippen molar-refractivity contribution in [2.75, 3.05) is 0 Å². The summed E-state index contributed by atoms with van der Waals surface area (Å²) in [5.74, 6) is 0.352. The predicted octanol–water partition coefficient (Wildman–Crippen LogP) is 2.90. The molecule has 0 heterocycles. The third-order valence-corrected chi connectivity index (χ3v) is 1.76. The quantitative estimate of drug-likeness (QED) is 0.727. The zero-order valence-electron chi connectivity index (χ0n) is 7.59. The van der Waals surface area contributed by atoms with Gasteiger partial charge in [-0.2, -0.15) is 0 Å². The summed E-state index contributed by atoms with van der Waals surface area (Å²) >= 11 is 0. The molecule has 0 fully saturated rings. The molecule has 12 heavy (non-hydrogen) atoms. The fourth-order valence-electron chi connectivity index (χ4n) is 1.04. The molecule has 0 saturated carbocycles. The first-order chi connectivity index (χ1) is 5.33. The highest BCUT2D eigenvalue weighted by Crippen LogP contribution is 2.11. The summed E-state index contributed by atoms with van der Waals surface area (Å²) in [6.07, 6.45) is 3.57. The molecule has 0 aliphatic heterocycles. The largest absolute Gasteiger partial charge is 0.508 e. The molecule has 0 spiro atoms. The van der Waals surface area contributed by atoms with Crippen molar-refractivity contribution in [3.05, 3.63) is 29.8 Å². The number of phenols is 1. The highest BCUT2D eigenvalue weighted by Gasteiger charge is 1.91. The highest BCUT2D eigenvalue weighted by atomic mass is 16.3. The fourth-order valence-corrected chi connectivity index (χ4v) is 1.04. The smallest absolute Gasteiger partial charge is 0.115 e. The van der Waals surface area contributed by atoms with Gasteiger partial charge in [0, 0.05) is 0 Å². The maximum Gasteiger partial charge on any atom is 0.115 e. The Hall–Kier alpha value is -1.02. The van der Waals surface area contributed by atoms with Crippen molar-refractivity contribution in [1.29, 1.82) is 0 Å². The van der Waals surface area contributed by atoms with Crippen LogP contribution in [0.1, 0.15) is 25.3 Å². The molecule has 68 valence electrons. The van der Waals surface area contributed by atoms with Gasteiger partial charge in [0.2, 0.25) is 0 Å². The van der Waals surface area contributed by atoms with Crippen molar-refractivity contribution < 1.29 is 5.11 Å². The molecule has 0 amide bonds. The first-order valence-electron chi connectivity index (χ1n) is 4.11. The Kier molecular flexibility index (Phi) is 5.13. The minimum atomic E-state index is 0. The fraction of sp³-hybridized carbons (Fsp3) is 0.400. The molecule has 0 atom stereocenters. The molecule has 1 aromatic carbocycles. The lowest BCUT2D eigenvalue weighted by Crippen LogP contribution is -1.82. The van der Waals surface area contributed by atoms with Crippen LogP contribution < -0.4 is 6.15 Å². The molecular weight excluding hydrogens is 150 g/mol. The number of rotatable bonds is 3. The molecule has 2 nitrogen and oxygen atoms in total. The van der Waals surface area contributed by atoms with Crippen molar-refractivity contribution in [2.45, 2.75) is 26.2 Å². The van der Waals surface area contributed by atoms with Crippen LogP contribution in [0.3, 0.4) is 0 Å². The molecule has 0 saturated heterocycles. The average Bonchev–Trinajstić information content (AvgIpc) is 2.04. The second-order valence-corrected chi connectivity index (χ2v) is 2.77. The number of unbranched alkanes of at least 4 members (excludes halogenated alkanes) is 1. The summed E-state index contributed by atoms with van der Waals surface area (Å²) in [5, 5.41) is 8.98. The van der Waals surface area contributed by atoms with Gasteiger partial charge in [-0.25, -0.2) is 0 Å². The molecule has 4 N–H and O–H groups in total. The Morgan fingerprint density at radius 2 is 1.75 bits per heavy atom. The van der Waals surface area contributed by atoms with Crippen LogP contribution in [0.5, 0.6) is 5.75 Å². The minimum Gasteiger partial charge on any atom is -0.508 e. The normalized spacial score (nSPS) is 9.08. The van der Waals surface area contributed by atoms with E-state index in [1.54, 1.807) is 12.1 Å². The van der Waals surface area contributed by atoms with Crippen LogP contribution in [0.25, 0.3) is 0 Å². The van der Waals surface area contributed by atoms with Crippen LogP contribution in [0.15, 0.2) is 24.3 Å². The van der Waals surface area contributed by atoms with Crippen LogP contribution in [0.2, 0.25) is 0 Å². The van der Waals surface area contributed by atoms with E-state index in [2.05, 4.69) is 6.92 Å². The molecule has 0 aromatic heterocycles. The maximum atomic E-state index is 8.98. The van der Waals surface area contributed by atoms with Gasteiger partial charge in [-0.1, -0.05) is 25.5 Å². The van der Waals surface area contributed by atoms with Crippen LogP contribution in [-0.2, 0) is 6.42 Å². The molecule has 0 radical (unpaired) electrons. The van der Waals surface area contributed by atoms with E-state index in [0.717, 1.165) is 6.42 Å². The van der Waals surface area contributed by atoms with E-state index >= 15 is 0 Å². The van der Waals surface area contributed by atoms with Crippen molar-refractivity contribution in [3.8, 4) is 5.75 Å². The summed E-state index contributed by atoms with van der Waals surface area (Å²) in [5.41, 5.74) is 1.31. The molecule has 1 aromatic rings. The maximum absolute atomic E-state index is 8.98. The van der Waals surface area contributed by atoms with E-state index < -0.39 is 0 Å². The monoisotopic (exact) mass is 167 g/mol. The van der Waals surface area contributed by atoms with Gasteiger partial charge in [0.15, 0.2) is 0 Å². The minimum absolute atomic E-state index is 0. The lowest BCUT2D eigenvalue weighted by molar-refractivity contribution is 0.475. The van der Waals surface area contributed by atoms with Crippen molar-refractivity contribution in [3.63, 3.8) is 0 Å². The number of hydrogen-bond donors (Lipinski definition) is 2. The number of aromatic hydroxyl groups is 1. The third kappa shape index (κ3) is 3.39. The van der Waals surface area contributed by atoms with Gasteiger partial charge >= 0.3 is 0 Å². The SMILES string of the molecule is CCCCc1ccc(O)cc1.N. The second kappa shape index (κ2) is 5.61. The molecule has 0 aliphatic rings. The second-order valence-electron chi connectivity index (χ2n) is 2.77. The first kappa shape index (κ1) is 11.0. The summed E-state index contributed by atoms with van der Waals surface area (Å²) in [6.45, 7) is 2.18. The summed E-state index contributed by atoms with van der Waals surface area (Å²) in [4.78, 5) is 0. The van der Waals surface area contributed by atoms with Gasteiger partial charge in [-0.05, 0) is 30.5 Å².